The second-order valence-corrected chi connectivity index (χ2v) is 6.79. The van der Waals surface area contributed by atoms with Crippen molar-refractivity contribution in [1.82, 2.24) is 0 Å². The zero-order chi connectivity index (χ0) is 15.2. The minimum absolute atomic E-state index is 0.0900. The standard InChI is InChI=1S/C17H24N2OS/c1-12(2)13(7-9-18)3-6-17(20)19-15-4-5-16-14(11-15)8-10-21-16/h4-5,8,10-13H,3,6-7,9,18H2,1-2H3,(H,19,20). The third-order valence-corrected chi connectivity index (χ3v) is 4.86. The van der Waals surface area contributed by atoms with E-state index in [1.54, 1.807) is 11.3 Å². The van der Waals surface area contributed by atoms with E-state index >= 15 is 0 Å². The second-order valence-electron chi connectivity index (χ2n) is 5.84. The van der Waals surface area contributed by atoms with Crippen LogP contribution in [0.4, 0.5) is 5.69 Å². The number of carbonyl (C=O) groups excluding carboxylic acids is 1. The highest BCUT2D eigenvalue weighted by atomic mass is 32.1. The molecule has 0 saturated carbocycles. The molecule has 3 nitrogen and oxygen atoms in total. The Bertz CT molecular complexity index is 591. The summed E-state index contributed by atoms with van der Waals surface area (Å²) in [7, 11) is 0. The third-order valence-electron chi connectivity index (χ3n) is 3.96. The molecule has 0 bridgehead atoms. The smallest absolute Gasteiger partial charge is 0.224 e. The monoisotopic (exact) mass is 304 g/mol. The lowest BCUT2D eigenvalue weighted by molar-refractivity contribution is -0.116. The molecule has 0 aliphatic carbocycles. The van der Waals surface area contributed by atoms with Gasteiger partial charge in [0.2, 0.25) is 5.91 Å². The van der Waals surface area contributed by atoms with Crippen molar-refractivity contribution in [2.24, 2.45) is 17.6 Å². The number of hydrogen-bond donors (Lipinski definition) is 2. The van der Waals surface area contributed by atoms with Crippen LogP contribution in [0.15, 0.2) is 29.6 Å². The van der Waals surface area contributed by atoms with Crippen molar-refractivity contribution in [3.05, 3.63) is 29.6 Å². The quantitative estimate of drug-likeness (QED) is 0.804. The Kier molecular flexibility index (Phi) is 5.76. The minimum Gasteiger partial charge on any atom is -0.330 e. The molecule has 114 valence electrons. The predicted octanol–water partition coefficient (Wildman–Crippen LogP) is 4.24. The highest BCUT2D eigenvalue weighted by Crippen LogP contribution is 2.25. The van der Waals surface area contributed by atoms with E-state index in [4.69, 9.17) is 5.73 Å². The fourth-order valence-corrected chi connectivity index (χ4v) is 3.38. The average Bonchev–Trinajstić information content (AvgIpc) is 2.90. The lowest BCUT2D eigenvalue weighted by atomic mass is 9.88. The van der Waals surface area contributed by atoms with Gasteiger partial charge in [0, 0.05) is 16.8 Å². The summed E-state index contributed by atoms with van der Waals surface area (Å²) in [5, 5.41) is 6.24. The molecule has 1 unspecified atom stereocenters. The summed E-state index contributed by atoms with van der Waals surface area (Å²) in [6.45, 7) is 5.09. The zero-order valence-corrected chi connectivity index (χ0v) is 13.6. The molecular weight excluding hydrogens is 280 g/mol. The Balaban J connectivity index is 1.88. The molecule has 0 aliphatic heterocycles. The van der Waals surface area contributed by atoms with Crippen LogP contribution in [-0.4, -0.2) is 12.5 Å². The minimum atomic E-state index is 0.0900. The number of nitrogens with one attached hydrogen (secondary N) is 1. The van der Waals surface area contributed by atoms with Crippen LogP contribution < -0.4 is 11.1 Å². The fourth-order valence-electron chi connectivity index (χ4n) is 2.61. The maximum atomic E-state index is 12.1. The number of fused-ring (bicyclic) bond motifs is 1. The van der Waals surface area contributed by atoms with E-state index in [-0.39, 0.29) is 5.91 Å². The van der Waals surface area contributed by atoms with Crippen molar-refractivity contribution in [2.45, 2.75) is 33.1 Å². The number of benzene rings is 1. The first-order chi connectivity index (χ1) is 10.1. The molecule has 0 spiro atoms. The number of nitrogens with two attached hydrogens (primary N) is 1. The number of amides is 1. The highest BCUT2D eigenvalue weighted by molar-refractivity contribution is 7.17. The van der Waals surface area contributed by atoms with E-state index < -0.39 is 0 Å². The van der Waals surface area contributed by atoms with Crippen LogP contribution in [0.2, 0.25) is 0 Å². The van der Waals surface area contributed by atoms with Gasteiger partial charge in [-0.3, -0.25) is 4.79 Å². The van der Waals surface area contributed by atoms with Gasteiger partial charge in [0.15, 0.2) is 0 Å². The lowest BCUT2D eigenvalue weighted by Gasteiger charge is -2.19. The molecule has 0 radical (unpaired) electrons. The summed E-state index contributed by atoms with van der Waals surface area (Å²) in [5.41, 5.74) is 6.52. The van der Waals surface area contributed by atoms with Crippen LogP contribution in [-0.2, 0) is 4.79 Å². The van der Waals surface area contributed by atoms with Gasteiger partial charge in [-0.2, -0.15) is 0 Å². The average molecular weight is 304 g/mol. The lowest BCUT2D eigenvalue weighted by Crippen LogP contribution is -2.18. The molecular formula is C17H24N2OS. The number of carbonyl (C=O) groups is 1. The summed E-state index contributed by atoms with van der Waals surface area (Å²) >= 11 is 1.71. The van der Waals surface area contributed by atoms with Gasteiger partial charge in [0.1, 0.15) is 0 Å². The summed E-state index contributed by atoms with van der Waals surface area (Å²) in [4.78, 5) is 12.1. The second kappa shape index (κ2) is 7.57. The normalized spacial score (nSPS) is 12.8. The van der Waals surface area contributed by atoms with Gasteiger partial charge in [-0.15, -0.1) is 11.3 Å². The van der Waals surface area contributed by atoms with E-state index in [1.807, 2.05) is 12.1 Å². The van der Waals surface area contributed by atoms with Gasteiger partial charge < -0.3 is 11.1 Å². The molecule has 1 aromatic carbocycles. The molecule has 1 atom stereocenters. The fraction of sp³-hybridized carbons (Fsp3) is 0.471. The van der Waals surface area contributed by atoms with E-state index in [0.29, 0.717) is 24.8 Å². The summed E-state index contributed by atoms with van der Waals surface area (Å²) in [6.07, 6.45) is 2.46. The first kappa shape index (κ1) is 16.0. The van der Waals surface area contributed by atoms with E-state index in [0.717, 1.165) is 18.5 Å². The Morgan fingerprint density at radius 2 is 2.10 bits per heavy atom. The van der Waals surface area contributed by atoms with Crippen molar-refractivity contribution in [1.29, 1.82) is 0 Å². The molecule has 0 aliphatic rings. The Morgan fingerprint density at radius 3 is 2.81 bits per heavy atom. The first-order valence-corrected chi connectivity index (χ1v) is 8.45. The molecule has 4 heteroatoms. The molecule has 1 aromatic heterocycles. The molecule has 2 aromatic rings. The molecule has 0 fully saturated rings. The van der Waals surface area contributed by atoms with Crippen molar-refractivity contribution in [3.63, 3.8) is 0 Å². The SMILES string of the molecule is CC(C)C(CCN)CCC(=O)Nc1ccc2sccc2c1. The van der Waals surface area contributed by atoms with Crippen molar-refractivity contribution >= 4 is 33.0 Å². The predicted molar refractivity (Wildman–Crippen MR) is 91.7 cm³/mol. The van der Waals surface area contributed by atoms with E-state index in [2.05, 4.69) is 36.7 Å². The molecule has 1 amide bonds. The van der Waals surface area contributed by atoms with Crippen LogP contribution in [0.5, 0.6) is 0 Å². The number of hydrogen-bond acceptors (Lipinski definition) is 3. The molecule has 2 rings (SSSR count). The van der Waals surface area contributed by atoms with Gasteiger partial charge >= 0.3 is 0 Å². The van der Waals surface area contributed by atoms with Gasteiger partial charge in [-0.25, -0.2) is 0 Å². The number of thiophene rings is 1. The summed E-state index contributed by atoms with van der Waals surface area (Å²) in [6, 6.07) is 8.13. The summed E-state index contributed by atoms with van der Waals surface area (Å²) in [5.74, 6) is 1.19. The van der Waals surface area contributed by atoms with Crippen LogP contribution >= 0.6 is 11.3 Å². The molecule has 0 saturated heterocycles. The molecule has 21 heavy (non-hydrogen) atoms. The van der Waals surface area contributed by atoms with Crippen LogP contribution in [0.25, 0.3) is 10.1 Å². The maximum Gasteiger partial charge on any atom is 0.224 e. The third kappa shape index (κ3) is 4.55. The van der Waals surface area contributed by atoms with E-state index in [9.17, 15) is 4.79 Å². The Hall–Kier alpha value is -1.39. The van der Waals surface area contributed by atoms with Crippen LogP contribution in [0.3, 0.4) is 0 Å². The molecule has 3 N–H and O–H groups in total. The topological polar surface area (TPSA) is 55.1 Å². The van der Waals surface area contributed by atoms with Crippen molar-refractivity contribution in [3.8, 4) is 0 Å². The van der Waals surface area contributed by atoms with Gasteiger partial charge in [-0.05, 0) is 66.3 Å². The van der Waals surface area contributed by atoms with E-state index in [1.165, 1.54) is 10.1 Å². The highest BCUT2D eigenvalue weighted by Gasteiger charge is 2.14. The van der Waals surface area contributed by atoms with Gasteiger partial charge in [0.25, 0.3) is 0 Å². The van der Waals surface area contributed by atoms with Gasteiger partial charge in [-0.1, -0.05) is 13.8 Å². The number of anilines is 1. The Labute approximate surface area is 130 Å². The zero-order valence-electron chi connectivity index (χ0n) is 12.8. The van der Waals surface area contributed by atoms with Gasteiger partial charge in [0.05, 0.1) is 0 Å². The van der Waals surface area contributed by atoms with Crippen LogP contribution in [0, 0.1) is 11.8 Å². The van der Waals surface area contributed by atoms with Crippen LogP contribution in [0.1, 0.15) is 33.1 Å². The number of rotatable bonds is 7. The first-order valence-electron chi connectivity index (χ1n) is 7.57. The largest absolute Gasteiger partial charge is 0.330 e. The van der Waals surface area contributed by atoms with Crippen molar-refractivity contribution in [2.75, 3.05) is 11.9 Å². The van der Waals surface area contributed by atoms with Crippen molar-refractivity contribution < 1.29 is 4.79 Å². The molecule has 1 heterocycles. The maximum absolute atomic E-state index is 12.1. The summed E-state index contributed by atoms with van der Waals surface area (Å²) < 4.78 is 1.25. The Morgan fingerprint density at radius 1 is 1.29 bits per heavy atom.